The maximum atomic E-state index is 12.4. The van der Waals surface area contributed by atoms with Crippen LogP contribution in [0.1, 0.15) is 21.1 Å². The van der Waals surface area contributed by atoms with Gasteiger partial charge in [-0.05, 0) is 43.3 Å². The number of nitrogens with one attached hydrogen (secondary N) is 1. The van der Waals surface area contributed by atoms with Crippen molar-refractivity contribution in [3.05, 3.63) is 70.2 Å². The van der Waals surface area contributed by atoms with E-state index in [0.717, 1.165) is 10.7 Å². The molecule has 0 radical (unpaired) electrons. The smallest absolute Gasteiger partial charge is 0.422 e. The van der Waals surface area contributed by atoms with Crippen LogP contribution < -0.4 is 14.8 Å². The van der Waals surface area contributed by atoms with E-state index in [1.54, 1.807) is 30.3 Å². The van der Waals surface area contributed by atoms with Crippen LogP contribution in [0.5, 0.6) is 11.5 Å². The summed E-state index contributed by atoms with van der Waals surface area (Å²) in [5.74, 6) is 0.0348. The van der Waals surface area contributed by atoms with E-state index in [1.807, 2.05) is 12.3 Å². The number of aryl methyl sites for hydroxylation is 1. The highest BCUT2D eigenvalue weighted by Crippen LogP contribution is 2.27. The second-order valence-electron chi connectivity index (χ2n) is 6.03. The molecule has 1 heterocycles. The van der Waals surface area contributed by atoms with Crippen molar-refractivity contribution < 1.29 is 27.4 Å². The number of amides is 1. The molecule has 0 spiro atoms. The van der Waals surface area contributed by atoms with Gasteiger partial charge in [0.05, 0.1) is 16.4 Å². The Morgan fingerprint density at radius 3 is 2.48 bits per heavy atom. The lowest BCUT2D eigenvalue weighted by Gasteiger charge is -2.14. The number of ether oxygens (including phenoxy) is 2. The summed E-state index contributed by atoms with van der Waals surface area (Å²) in [6.07, 6.45) is -4.47. The lowest BCUT2D eigenvalue weighted by molar-refractivity contribution is -0.153. The molecule has 1 amide bonds. The highest BCUT2D eigenvalue weighted by atomic mass is 32.1. The molecule has 0 aliphatic rings. The first-order valence-corrected chi connectivity index (χ1v) is 9.42. The molecule has 0 aliphatic carbocycles. The average molecular weight is 422 g/mol. The second-order valence-corrected chi connectivity index (χ2v) is 7.09. The predicted octanol–water partition coefficient (Wildman–Crippen LogP) is 5.22. The van der Waals surface area contributed by atoms with Gasteiger partial charge in [-0.15, -0.1) is 11.3 Å². The quantitative estimate of drug-likeness (QED) is 0.567. The summed E-state index contributed by atoms with van der Waals surface area (Å²) in [7, 11) is 0. The summed E-state index contributed by atoms with van der Waals surface area (Å²) in [5, 5.41) is 5.43. The SMILES string of the molecule is Cc1nc(COc2ccc(C(=O)Nc3ccccc3OCC(F)(F)F)cc2)cs1. The van der Waals surface area contributed by atoms with E-state index < -0.39 is 18.7 Å². The van der Waals surface area contributed by atoms with Crippen LogP contribution in [0.3, 0.4) is 0 Å². The van der Waals surface area contributed by atoms with Crippen LogP contribution in [0, 0.1) is 6.92 Å². The Kier molecular flexibility index (Phi) is 6.38. The van der Waals surface area contributed by atoms with Crippen LogP contribution in [0.2, 0.25) is 0 Å². The van der Waals surface area contributed by atoms with Crippen molar-refractivity contribution in [2.45, 2.75) is 19.7 Å². The number of para-hydroxylation sites is 2. The number of benzene rings is 2. The molecule has 1 N–H and O–H groups in total. The van der Waals surface area contributed by atoms with Crippen LogP contribution >= 0.6 is 11.3 Å². The van der Waals surface area contributed by atoms with E-state index in [2.05, 4.69) is 10.3 Å². The lowest BCUT2D eigenvalue weighted by Crippen LogP contribution is -2.20. The summed E-state index contributed by atoms with van der Waals surface area (Å²) in [6.45, 7) is 0.790. The number of halogens is 3. The molecule has 0 saturated carbocycles. The zero-order chi connectivity index (χ0) is 20.9. The van der Waals surface area contributed by atoms with Crippen molar-refractivity contribution in [3.63, 3.8) is 0 Å². The minimum Gasteiger partial charge on any atom is -0.487 e. The molecule has 0 unspecified atom stereocenters. The van der Waals surface area contributed by atoms with Gasteiger partial charge in [-0.1, -0.05) is 12.1 Å². The Morgan fingerprint density at radius 2 is 1.83 bits per heavy atom. The largest absolute Gasteiger partial charge is 0.487 e. The van der Waals surface area contributed by atoms with E-state index in [0.29, 0.717) is 17.9 Å². The molecule has 152 valence electrons. The Bertz CT molecular complexity index is 972. The molecule has 3 aromatic rings. The first kappa shape index (κ1) is 20.7. The van der Waals surface area contributed by atoms with Crippen LogP contribution in [-0.4, -0.2) is 23.7 Å². The molecule has 0 bridgehead atoms. The minimum absolute atomic E-state index is 0.0586. The molecule has 0 atom stereocenters. The summed E-state index contributed by atoms with van der Waals surface area (Å²) in [5.41, 5.74) is 1.30. The third kappa shape index (κ3) is 6.21. The molecule has 5 nitrogen and oxygen atoms in total. The standard InChI is InChI=1S/C20H17F3N2O3S/c1-13-24-15(11-29-13)10-27-16-8-6-14(7-9-16)19(26)25-17-4-2-3-5-18(17)28-12-20(21,22)23/h2-9,11H,10,12H2,1H3,(H,25,26). The van der Waals surface area contributed by atoms with Crippen LogP contribution in [0.15, 0.2) is 53.9 Å². The molecule has 0 saturated heterocycles. The van der Waals surface area contributed by atoms with Gasteiger partial charge in [0, 0.05) is 10.9 Å². The number of aromatic nitrogens is 1. The van der Waals surface area contributed by atoms with Crippen molar-refractivity contribution in [1.82, 2.24) is 4.98 Å². The first-order chi connectivity index (χ1) is 13.8. The summed E-state index contributed by atoms with van der Waals surface area (Å²) < 4.78 is 47.5. The molecule has 0 fully saturated rings. The third-order valence-electron chi connectivity index (χ3n) is 3.70. The number of anilines is 1. The normalized spacial score (nSPS) is 11.2. The van der Waals surface area contributed by atoms with Crippen molar-refractivity contribution in [2.24, 2.45) is 0 Å². The maximum absolute atomic E-state index is 12.4. The van der Waals surface area contributed by atoms with Gasteiger partial charge in [-0.3, -0.25) is 4.79 Å². The fourth-order valence-electron chi connectivity index (χ4n) is 2.38. The molecular formula is C20H17F3N2O3S. The number of thiazole rings is 1. The van der Waals surface area contributed by atoms with Gasteiger partial charge in [0.15, 0.2) is 6.61 Å². The maximum Gasteiger partial charge on any atom is 0.422 e. The van der Waals surface area contributed by atoms with Gasteiger partial charge in [0.25, 0.3) is 5.91 Å². The number of rotatable bonds is 7. The Morgan fingerprint density at radius 1 is 1.10 bits per heavy atom. The molecule has 9 heteroatoms. The number of carbonyl (C=O) groups is 1. The fraction of sp³-hybridized carbons (Fsp3) is 0.200. The number of carbonyl (C=O) groups excluding carboxylic acids is 1. The van der Waals surface area contributed by atoms with Gasteiger partial charge in [0.2, 0.25) is 0 Å². The summed E-state index contributed by atoms with van der Waals surface area (Å²) in [4.78, 5) is 16.7. The van der Waals surface area contributed by atoms with Crippen LogP contribution in [0.25, 0.3) is 0 Å². The van der Waals surface area contributed by atoms with Crippen molar-refractivity contribution in [3.8, 4) is 11.5 Å². The Hall–Kier alpha value is -3.07. The number of hydrogen-bond donors (Lipinski definition) is 1. The number of alkyl halides is 3. The molecular weight excluding hydrogens is 405 g/mol. The Labute approximate surface area is 169 Å². The van der Waals surface area contributed by atoms with E-state index in [4.69, 9.17) is 9.47 Å². The number of nitrogens with zero attached hydrogens (tertiary/aromatic N) is 1. The summed E-state index contributed by atoms with van der Waals surface area (Å²) in [6, 6.07) is 12.4. The van der Waals surface area contributed by atoms with E-state index in [1.165, 1.54) is 29.5 Å². The van der Waals surface area contributed by atoms with E-state index >= 15 is 0 Å². The Balaban J connectivity index is 1.61. The number of hydrogen-bond acceptors (Lipinski definition) is 5. The molecule has 3 rings (SSSR count). The molecule has 29 heavy (non-hydrogen) atoms. The van der Waals surface area contributed by atoms with Gasteiger partial charge in [0.1, 0.15) is 18.1 Å². The topological polar surface area (TPSA) is 60.5 Å². The van der Waals surface area contributed by atoms with Gasteiger partial charge in [-0.2, -0.15) is 13.2 Å². The van der Waals surface area contributed by atoms with Gasteiger partial charge in [-0.25, -0.2) is 4.98 Å². The predicted molar refractivity (Wildman–Crippen MR) is 104 cm³/mol. The fourth-order valence-corrected chi connectivity index (χ4v) is 2.98. The van der Waals surface area contributed by atoms with Crippen molar-refractivity contribution in [1.29, 1.82) is 0 Å². The highest BCUT2D eigenvalue weighted by molar-refractivity contribution is 7.09. The van der Waals surface area contributed by atoms with Crippen molar-refractivity contribution >= 4 is 22.9 Å². The van der Waals surface area contributed by atoms with E-state index in [-0.39, 0.29) is 11.4 Å². The summed E-state index contributed by atoms with van der Waals surface area (Å²) >= 11 is 1.54. The zero-order valence-corrected chi connectivity index (χ0v) is 16.1. The molecule has 1 aromatic heterocycles. The molecule has 2 aromatic carbocycles. The minimum atomic E-state index is -4.47. The average Bonchev–Trinajstić information content (AvgIpc) is 3.10. The van der Waals surface area contributed by atoms with Crippen molar-refractivity contribution in [2.75, 3.05) is 11.9 Å². The zero-order valence-electron chi connectivity index (χ0n) is 15.3. The third-order valence-corrected chi connectivity index (χ3v) is 4.52. The van der Waals surface area contributed by atoms with Crippen LogP contribution in [0.4, 0.5) is 18.9 Å². The van der Waals surface area contributed by atoms with E-state index in [9.17, 15) is 18.0 Å². The monoisotopic (exact) mass is 422 g/mol. The van der Waals surface area contributed by atoms with Gasteiger partial charge < -0.3 is 14.8 Å². The van der Waals surface area contributed by atoms with Crippen LogP contribution in [-0.2, 0) is 6.61 Å². The highest BCUT2D eigenvalue weighted by Gasteiger charge is 2.28. The molecule has 0 aliphatic heterocycles. The lowest BCUT2D eigenvalue weighted by atomic mass is 10.2. The second kappa shape index (κ2) is 8.95. The van der Waals surface area contributed by atoms with Gasteiger partial charge >= 0.3 is 6.18 Å². The first-order valence-electron chi connectivity index (χ1n) is 8.54.